The van der Waals surface area contributed by atoms with Crippen LogP contribution in [0.3, 0.4) is 0 Å². The summed E-state index contributed by atoms with van der Waals surface area (Å²) in [5.74, 6) is 1.76. The first-order chi connectivity index (χ1) is 9.60. The van der Waals surface area contributed by atoms with Crippen molar-refractivity contribution in [2.45, 2.75) is 26.3 Å². The lowest BCUT2D eigenvalue weighted by Crippen LogP contribution is -2.37. The average Bonchev–Trinajstić information content (AvgIpc) is 2.79. The van der Waals surface area contributed by atoms with Crippen molar-refractivity contribution in [2.24, 2.45) is 5.92 Å². The molecule has 20 heavy (non-hydrogen) atoms. The Morgan fingerprint density at radius 3 is 3.10 bits per heavy atom. The SMILES string of the molecule is COC(=O)c1cc(CNCC2CCCN(C)C2)oc1C. The summed E-state index contributed by atoms with van der Waals surface area (Å²) in [5.41, 5.74) is 0.515. The number of aryl methyl sites for hydroxylation is 1. The molecule has 2 heterocycles. The molecule has 1 aromatic rings. The lowest BCUT2D eigenvalue weighted by molar-refractivity contribution is 0.0599. The van der Waals surface area contributed by atoms with E-state index in [0.29, 0.717) is 23.8 Å². The summed E-state index contributed by atoms with van der Waals surface area (Å²) in [6, 6.07) is 1.77. The van der Waals surface area contributed by atoms with Gasteiger partial charge in [0.1, 0.15) is 17.1 Å². The zero-order valence-corrected chi connectivity index (χ0v) is 12.6. The highest BCUT2D eigenvalue weighted by atomic mass is 16.5. The Kier molecular flexibility index (Phi) is 5.20. The molecule has 112 valence electrons. The van der Waals surface area contributed by atoms with E-state index in [1.807, 2.05) is 0 Å². The highest BCUT2D eigenvalue weighted by molar-refractivity contribution is 5.90. The van der Waals surface area contributed by atoms with E-state index in [9.17, 15) is 4.79 Å². The van der Waals surface area contributed by atoms with Crippen LogP contribution < -0.4 is 5.32 Å². The molecule has 2 rings (SSSR count). The average molecular weight is 280 g/mol. The van der Waals surface area contributed by atoms with Crippen LogP contribution in [0.2, 0.25) is 0 Å². The molecule has 0 saturated carbocycles. The zero-order chi connectivity index (χ0) is 14.5. The Morgan fingerprint density at radius 2 is 2.40 bits per heavy atom. The topological polar surface area (TPSA) is 54.7 Å². The van der Waals surface area contributed by atoms with Crippen LogP contribution in [0.5, 0.6) is 0 Å². The summed E-state index contributed by atoms with van der Waals surface area (Å²) in [5, 5.41) is 3.42. The predicted molar refractivity (Wildman–Crippen MR) is 76.7 cm³/mol. The number of carbonyl (C=O) groups is 1. The molecular weight excluding hydrogens is 256 g/mol. The molecule has 1 aliphatic heterocycles. The minimum Gasteiger partial charge on any atom is -0.465 e. The third-order valence-electron chi connectivity index (χ3n) is 3.83. The largest absolute Gasteiger partial charge is 0.465 e. The maximum atomic E-state index is 11.5. The monoisotopic (exact) mass is 280 g/mol. The minimum absolute atomic E-state index is 0.341. The van der Waals surface area contributed by atoms with Gasteiger partial charge in [-0.05, 0) is 51.9 Å². The molecule has 1 unspecified atom stereocenters. The van der Waals surface area contributed by atoms with E-state index in [0.717, 1.165) is 18.8 Å². The first kappa shape index (κ1) is 15.1. The normalized spacial score (nSPS) is 20.1. The predicted octanol–water partition coefficient (Wildman–Crippen LogP) is 1.81. The summed E-state index contributed by atoms with van der Waals surface area (Å²) in [6.45, 7) is 5.77. The van der Waals surface area contributed by atoms with Gasteiger partial charge in [0.25, 0.3) is 0 Å². The molecule has 0 amide bonds. The fraction of sp³-hybridized carbons (Fsp3) is 0.667. The molecule has 5 nitrogen and oxygen atoms in total. The van der Waals surface area contributed by atoms with Crippen LogP contribution in [0.15, 0.2) is 10.5 Å². The van der Waals surface area contributed by atoms with Gasteiger partial charge in [0.2, 0.25) is 0 Å². The summed E-state index contributed by atoms with van der Waals surface area (Å²) in [4.78, 5) is 13.9. The Balaban J connectivity index is 1.81. The highest BCUT2D eigenvalue weighted by Crippen LogP contribution is 2.17. The van der Waals surface area contributed by atoms with Crippen molar-refractivity contribution in [1.82, 2.24) is 10.2 Å². The van der Waals surface area contributed by atoms with Crippen LogP contribution in [0.4, 0.5) is 0 Å². The Morgan fingerprint density at radius 1 is 1.60 bits per heavy atom. The Bertz CT molecular complexity index is 456. The lowest BCUT2D eigenvalue weighted by Gasteiger charge is -2.29. The first-order valence-corrected chi connectivity index (χ1v) is 7.17. The van der Waals surface area contributed by atoms with Crippen molar-refractivity contribution in [1.29, 1.82) is 0 Å². The second kappa shape index (κ2) is 6.90. The molecule has 1 fully saturated rings. The van der Waals surface area contributed by atoms with E-state index >= 15 is 0 Å². The Hall–Kier alpha value is -1.33. The van der Waals surface area contributed by atoms with Gasteiger partial charge in [0.05, 0.1) is 13.7 Å². The van der Waals surface area contributed by atoms with Crippen molar-refractivity contribution in [3.63, 3.8) is 0 Å². The summed E-state index contributed by atoms with van der Waals surface area (Å²) < 4.78 is 10.3. The van der Waals surface area contributed by atoms with Crippen LogP contribution in [0.1, 0.15) is 34.7 Å². The molecular formula is C15H24N2O3. The first-order valence-electron chi connectivity index (χ1n) is 7.17. The fourth-order valence-electron chi connectivity index (χ4n) is 2.78. The van der Waals surface area contributed by atoms with E-state index in [2.05, 4.69) is 17.3 Å². The molecule has 1 N–H and O–H groups in total. The van der Waals surface area contributed by atoms with Gasteiger partial charge in [-0.2, -0.15) is 0 Å². The molecule has 0 bridgehead atoms. The number of hydrogen-bond donors (Lipinski definition) is 1. The molecule has 5 heteroatoms. The second-order valence-electron chi connectivity index (χ2n) is 5.58. The molecule has 1 saturated heterocycles. The third-order valence-corrected chi connectivity index (χ3v) is 3.83. The van der Waals surface area contributed by atoms with E-state index < -0.39 is 0 Å². The highest BCUT2D eigenvalue weighted by Gasteiger charge is 2.18. The summed E-state index contributed by atoms with van der Waals surface area (Å²) >= 11 is 0. The van der Waals surface area contributed by atoms with Gasteiger partial charge in [0.15, 0.2) is 0 Å². The molecule has 0 radical (unpaired) electrons. The van der Waals surface area contributed by atoms with Gasteiger partial charge in [-0.1, -0.05) is 0 Å². The maximum absolute atomic E-state index is 11.5. The molecule has 1 atom stereocenters. The van der Waals surface area contributed by atoms with Gasteiger partial charge in [-0.15, -0.1) is 0 Å². The van der Waals surface area contributed by atoms with Crippen LogP contribution in [-0.2, 0) is 11.3 Å². The minimum atomic E-state index is -0.341. The number of carbonyl (C=O) groups excluding carboxylic acids is 1. The van der Waals surface area contributed by atoms with Gasteiger partial charge < -0.3 is 19.4 Å². The number of nitrogens with zero attached hydrogens (tertiary/aromatic N) is 1. The Labute approximate surface area is 120 Å². The van der Waals surface area contributed by atoms with E-state index in [1.165, 1.54) is 26.5 Å². The number of methoxy groups -OCH3 is 1. The van der Waals surface area contributed by atoms with E-state index in [4.69, 9.17) is 9.15 Å². The molecule has 0 spiro atoms. The van der Waals surface area contributed by atoms with Crippen molar-refractivity contribution in [3.8, 4) is 0 Å². The van der Waals surface area contributed by atoms with Crippen LogP contribution in [-0.4, -0.2) is 44.7 Å². The second-order valence-corrected chi connectivity index (χ2v) is 5.58. The lowest BCUT2D eigenvalue weighted by atomic mass is 9.98. The van der Waals surface area contributed by atoms with Crippen LogP contribution >= 0.6 is 0 Å². The van der Waals surface area contributed by atoms with Crippen molar-refractivity contribution in [2.75, 3.05) is 33.8 Å². The van der Waals surface area contributed by atoms with Gasteiger partial charge in [0, 0.05) is 6.54 Å². The quantitative estimate of drug-likeness (QED) is 0.834. The number of nitrogens with one attached hydrogen (secondary N) is 1. The zero-order valence-electron chi connectivity index (χ0n) is 12.6. The van der Waals surface area contributed by atoms with Gasteiger partial charge in [-0.3, -0.25) is 0 Å². The van der Waals surface area contributed by atoms with E-state index in [-0.39, 0.29) is 5.97 Å². The fourth-order valence-corrected chi connectivity index (χ4v) is 2.78. The molecule has 1 aromatic heterocycles. The third kappa shape index (κ3) is 3.84. The summed E-state index contributed by atoms with van der Waals surface area (Å²) in [7, 11) is 3.55. The van der Waals surface area contributed by atoms with Crippen LogP contribution in [0, 0.1) is 12.8 Å². The van der Waals surface area contributed by atoms with Crippen molar-refractivity contribution in [3.05, 3.63) is 23.2 Å². The van der Waals surface area contributed by atoms with Gasteiger partial charge >= 0.3 is 5.97 Å². The standard InChI is InChI=1S/C15H24N2O3/c1-11-14(15(18)19-3)7-13(20-11)9-16-8-12-5-4-6-17(2)10-12/h7,12,16H,4-6,8-10H2,1-3H3. The number of hydrogen-bond acceptors (Lipinski definition) is 5. The molecule has 0 aliphatic carbocycles. The van der Waals surface area contributed by atoms with E-state index in [1.54, 1.807) is 13.0 Å². The number of piperidine rings is 1. The van der Waals surface area contributed by atoms with Crippen molar-refractivity contribution < 1.29 is 13.9 Å². The van der Waals surface area contributed by atoms with Crippen molar-refractivity contribution >= 4 is 5.97 Å². The molecule has 0 aromatic carbocycles. The summed E-state index contributed by atoms with van der Waals surface area (Å²) in [6.07, 6.45) is 2.55. The number of esters is 1. The number of rotatable bonds is 5. The number of furan rings is 1. The number of ether oxygens (including phenoxy) is 1. The molecule has 1 aliphatic rings. The smallest absolute Gasteiger partial charge is 0.341 e. The number of likely N-dealkylation sites (tertiary alicyclic amines) is 1. The van der Waals surface area contributed by atoms with Crippen LogP contribution in [0.25, 0.3) is 0 Å². The maximum Gasteiger partial charge on any atom is 0.341 e. The van der Waals surface area contributed by atoms with Gasteiger partial charge in [-0.25, -0.2) is 4.79 Å².